The number of nitro groups is 1. The average molecular weight is 301 g/mol. The maximum absolute atomic E-state index is 11.3. The molecule has 0 radical (unpaired) electrons. The van der Waals surface area contributed by atoms with Crippen LogP contribution in [0.15, 0.2) is 29.9 Å². The number of aryl methyl sites for hydroxylation is 1. The van der Waals surface area contributed by atoms with Crippen LogP contribution in [0.5, 0.6) is 0 Å². The van der Waals surface area contributed by atoms with Gasteiger partial charge in [0.05, 0.1) is 27.4 Å². The second kappa shape index (κ2) is 5.41. The maximum Gasteiger partial charge on any atom is 0.319 e. The number of anilines is 1. The van der Waals surface area contributed by atoms with E-state index in [2.05, 4.69) is 20.3 Å². The molecule has 0 unspecified atom stereocenters. The number of aromatic nitrogens is 3. The van der Waals surface area contributed by atoms with Crippen molar-refractivity contribution in [3.8, 4) is 0 Å². The van der Waals surface area contributed by atoms with Crippen molar-refractivity contribution in [2.24, 2.45) is 0 Å². The quantitative estimate of drug-likeness (QED) is 0.588. The van der Waals surface area contributed by atoms with Crippen LogP contribution in [0.25, 0.3) is 10.2 Å². The molecule has 0 bridgehead atoms. The molecular weight excluding hydrogens is 290 g/mol. The monoisotopic (exact) mass is 301 g/mol. The van der Waals surface area contributed by atoms with Crippen molar-refractivity contribution in [3.05, 3.63) is 51.5 Å². The highest BCUT2D eigenvalue weighted by molar-refractivity contribution is 7.16. The van der Waals surface area contributed by atoms with Crippen LogP contribution in [-0.4, -0.2) is 19.9 Å². The van der Waals surface area contributed by atoms with E-state index in [0.717, 1.165) is 10.4 Å². The lowest BCUT2D eigenvalue weighted by Gasteiger charge is -2.07. The summed E-state index contributed by atoms with van der Waals surface area (Å²) >= 11 is 1.38. The Hall–Kier alpha value is -2.61. The van der Waals surface area contributed by atoms with E-state index < -0.39 is 4.92 Å². The third-order valence-electron chi connectivity index (χ3n) is 2.95. The number of nitrogens with one attached hydrogen (secondary N) is 1. The van der Waals surface area contributed by atoms with Crippen molar-refractivity contribution in [2.45, 2.75) is 13.5 Å². The Bertz CT molecular complexity index is 817. The van der Waals surface area contributed by atoms with E-state index in [4.69, 9.17) is 0 Å². The lowest BCUT2D eigenvalue weighted by Crippen LogP contribution is -2.05. The molecule has 0 aliphatic heterocycles. The molecule has 0 saturated carbocycles. The van der Waals surface area contributed by atoms with Crippen molar-refractivity contribution in [2.75, 3.05) is 5.32 Å². The SMILES string of the molecule is Cc1nccc(CNc2ccc3scnc3c2[N+](=O)[O-])n1. The van der Waals surface area contributed by atoms with Gasteiger partial charge in [0, 0.05) is 6.20 Å². The Morgan fingerprint density at radius 2 is 2.19 bits per heavy atom. The van der Waals surface area contributed by atoms with E-state index in [1.54, 1.807) is 30.8 Å². The van der Waals surface area contributed by atoms with Gasteiger partial charge in [-0.15, -0.1) is 11.3 Å². The number of rotatable bonds is 4. The van der Waals surface area contributed by atoms with E-state index in [1.807, 2.05) is 6.07 Å². The predicted molar refractivity (Wildman–Crippen MR) is 80.4 cm³/mol. The normalized spacial score (nSPS) is 10.7. The maximum atomic E-state index is 11.3. The first-order valence-electron chi connectivity index (χ1n) is 6.18. The highest BCUT2D eigenvalue weighted by Crippen LogP contribution is 2.34. The summed E-state index contributed by atoms with van der Waals surface area (Å²) in [7, 11) is 0. The van der Waals surface area contributed by atoms with Crippen LogP contribution in [0.2, 0.25) is 0 Å². The Balaban J connectivity index is 1.93. The van der Waals surface area contributed by atoms with Gasteiger partial charge in [-0.3, -0.25) is 10.1 Å². The minimum absolute atomic E-state index is 0.000437. The van der Waals surface area contributed by atoms with Gasteiger partial charge in [0.25, 0.3) is 0 Å². The molecule has 0 aliphatic carbocycles. The molecule has 1 aromatic carbocycles. The summed E-state index contributed by atoms with van der Waals surface area (Å²) in [4.78, 5) is 23.3. The fourth-order valence-electron chi connectivity index (χ4n) is 2.03. The number of hydrogen-bond donors (Lipinski definition) is 1. The number of thiazole rings is 1. The second-order valence-electron chi connectivity index (χ2n) is 4.37. The molecule has 3 rings (SSSR count). The largest absolute Gasteiger partial charge is 0.374 e. The smallest absolute Gasteiger partial charge is 0.319 e. The number of fused-ring (bicyclic) bond motifs is 1. The van der Waals surface area contributed by atoms with Crippen molar-refractivity contribution < 1.29 is 4.92 Å². The van der Waals surface area contributed by atoms with Gasteiger partial charge in [-0.05, 0) is 25.1 Å². The molecule has 3 aromatic rings. The third-order valence-corrected chi connectivity index (χ3v) is 3.75. The first-order chi connectivity index (χ1) is 10.1. The molecule has 0 fully saturated rings. The van der Waals surface area contributed by atoms with Gasteiger partial charge in [0.15, 0.2) is 5.52 Å². The number of nitro benzene ring substituents is 1. The summed E-state index contributed by atoms with van der Waals surface area (Å²) in [6.07, 6.45) is 1.66. The Morgan fingerprint density at radius 1 is 1.33 bits per heavy atom. The highest BCUT2D eigenvalue weighted by Gasteiger charge is 2.20. The zero-order valence-corrected chi connectivity index (χ0v) is 11.9. The summed E-state index contributed by atoms with van der Waals surface area (Å²) in [5.74, 6) is 0.666. The highest BCUT2D eigenvalue weighted by atomic mass is 32.1. The minimum atomic E-state index is -0.407. The van der Waals surface area contributed by atoms with Crippen LogP contribution in [0.1, 0.15) is 11.5 Å². The van der Waals surface area contributed by atoms with Gasteiger partial charge in [-0.2, -0.15) is 0 Å². The molecule has 2 aromatic heterocycles. The lowest BCUT2D eigenvalue weighted by molar-refractivity contribution is -0.382. The Kier molecular flexibility index (Phi) is 3.44. The fourth-order valence-corrected chi connectivity index (χ4v) is 2.71. The van der Waals surface area contributed by atoms with Gasteiger partial charge in [-0.1, -0.05) is 0 Å². The fraction of sp³-hybridized carbons (Fsp3) is 0.154. The first kappa shape index (κ1) is 13.4. The van der Waals surface area contributed by atoms with Crippen molar-refractivity contribution in [1.82, 2.24) is 15.0 Å². The topological polar surface area (TPSA) is 93.8 Å². The summed E-state index contributed by atoms with van der Waals surface area (Å²) in [6, 6.07) is 5.30. The molecule has 21 heavy (non-hydrogen) atoms. The average Bonchev–Trinajstić information content (AvgIpc) is 2.92. The van der Waals surface area contributed by atoms with Crippen LogP contribution in [0.4, 0.5) is 11.4 Å². The Morgan fingerprint density at radius 3 is 2.95 bits per heavy atom. The van der Waals surface area contributed by atoms with Crippen LogP contribution in [-0.2, 0) is 6.54 Å². The van der Waals surface area contributed by atoms with Crippen molar-refractivity contribution >= 4 is 32.9 Å². The number of hydrogen-bond acceptors (Lipinski definition) is 7. The molecule has 8 heteroatoms. The second-order valence-corrected chi connectivity index (χ2v) is 5.25. The summed E-state index contributed by atoms with van der Waals surface area (Å²) in [5.41, 5.74) is 3.23. The van der Waals surface area contributed by atoms with E-state index in [1.165, 1.54) is 11.3 Å². The first-order valence-corrected chi connectivity index (χ1v) is 7.06. The van der Waals surface area contributed by atoms with Gasteiger partial charge < -0.3 is 5.32 Å². The summed E-state index contributed by atoms with van der Waals surface area (Å²) in [6.45, 7) is 2.19. The van der Waals surface area contributed by atoms with E-state index in [0.29, 0.717) is 23.6 Å². The zero-order valence-electron chi connectivity index (χ0n) is 11.1. The third kappa shape index (κ3) is 2.65. The molecule has 0 atom stereocenters. The van der Waals surface area contributed by atoms with Crippen LogP contribution in [0.3, 0.4) is 0 Å². The molecule has 106 valence electrons. The standard InChI is InChI=1S/C13H11N5O2S/c1-8-14-5-4-9(17-8)6-15-10-2-3-11-12(16-7-21-11)13(10)18(19)20/h2-5,7,15H,6H2,1H3. The predicted octanol–water partition coefficient (Wildman–Crippen LogP) is 2.92. The zero-order chi connectivity index (χ0) is 14.8. The van der Waals surface area contributed by atoms with Gasteiger partial charge in [-0.25, -0.2) is 15.0 Å². The van der Waals surface area contributed by atoms with E-state index in [-0.39, 0.29) is 5.69 Å². The van der Waals surface area contributed by atoms with E-state index >= 15 is 0 Å². The minimum Gasteiger partial charge on any atom is -0.374 e. The van der Waals surface area contributed by atoms with Crippen LogP contribution < -0.4 is 5.32 Å². The molecule has 0 saturated heterocycles. The lowest BCUT2D eigenvalue weighted by atomic mass is 10.2. The van der Waals surface area contributed by atoms with Crippen LogP contribution >= 0.6 is 11.3 Å². The molecule has 1 N–H and O–H groups in total. The van der Waals surface area contributed by atoms with Gasteiger partial charge >= 0.3 is 5.69 Å². The molecule has 7 nitrogen and oxygen atoms in total. The molecule has 0 amide bonds. The number of nitrogens with zero attached hydrogens (tertiary/aromatic N) is 4. The molecule has 0 aliphatic rings. The van der Waals surface area contributed by atoms with Gasteiger partial charge in [0.2, 0.25) is 0 Å². The van der Waals surface area contributed by atoms with E-state index in [9.17, 15) is 10.1 Å². The Labute approximate surface area is 123 Å². The summed E-state index contributed by atoms with van der Waals surface area (Å²) in [5, 5.41) is 14.4. The molecule has 0 spiro atoms. The summed E-state index contributed by atoms with van der Waals surface area (Å²) < 4.78 is 0.796. The van der Waals surface area contributed by atoms with Crippen LogP contribution in [0, 0.1) is 17.0 Å². The van der Waals surface area contributed by atoms with Crippen molar-refractivity contribution in [3.63, 3.8) is 0 Å². The number of benzene rings is 1. The van der Waals surface area contributed by atoms with Crippen molar-refractivity contribution in [1.29, 1.82) is 0 Å². The van der Waals surface area contributed by atoms with Gasteiger partial charge in [0.1, 0.15) is 11.5 Å². The molecule has 2 heterocycles. The molecular formula is C13H11N5O2S.